The van der Waals surface area contributed by atoms with Crippen molar-refractivity contribution in [2.24, 2.45) is 4.99 Å². The minimum Gasteiger partial charge on any atom is -0.357 e. The van der Waals surface area contributed by atoms with Crippen molar-refractivity contribution in [3.05, 3.63) is 31.1 Å². The van der Waals surface area contributed by atoms with E-state index in [1.165, 1.54) is 0 Å². The van der Waals surface area contributed by atoms with E-state index in [0.29, 0.717) is 6.54 Å². The topological polar surface area (TPSA) is 56.7 Å². The zero-order valence-corrected chi connectivity index (χ0v) is 12.0. The van der Waals surface area contributed by atoms with Gasteiger partial charge in [0.15, 0.2) is 5.96 Å². The number of aliphatic imine (C=N–C) groups is 1. The third-order valence-corrected chi connectivity index (χ3v) is 3.12. The van der Waals surface area contributed by atoms with E-state index in [2.05, 4.69) is 43.6 Å². The number of hydrogen-bond donors (Lipinski definition) is 1. The van der Waals surface area contributed by atoms with Gasteiger partial charge in [0.2, 0.25) is 5.95 Å². The summed E-state index contributed by atoms with van der Waals surface area (Å²) in [5.74, 6) is 1.77. The maximum Gasteiger partial charge on any atom is 0.225 e. The zero-order valence-electron chi connectivity index (χ0n) is 12.0. The van der Waals surface area contributed by atoms with E-state index in [1.807, 2.05) is 12.1 Å². The van der Waals surface area contributed by atoms with Gasteiger partial charge in [-0.1, -0.05) is 6.08 Å². The van der Waals surface area contributed by atoms with Gasteiger partial charge in [-0.05, 0) is 13.0 Å². The van der Waals surface area contributed by atoms with Crippen LogP contribution >= 0.6 is 0 Å². The summed E-state index contributed by atoms with van der Waals surface area (Å²) in [5.41, 5.74) is 0. The molecule has 1 aromatic rings. The Balaban J connectivity index is 1.94. The number of nitrogens with one attached hydrogen (secondary N) is 1. The average Bonchev–Trinajstić information content (AvgIpc) is 2.52. The first-order chi connectivity index (χ1) is 9.85. The van der Waals surface area contributed by atoms with Crippen LogP contribution in [0, 0.1) is 0 Å². The Bertz CT molecular complexity index is 436. The molecule has 1 aromatic heterocycles. The highest BCUT2D eigenvalue weighted by molar-refractivity contribution is 5.80. The molecule has 20 heavy (non-hydrogen) atoms. The van der Waals surface area contributed by atoms with Crippen molar-refractivity contribution in [3.63, 3.8) is 0 Å². The molecule has 0 atom stereocenters. The van der Waals surface area contributed by atoms with E-state index in [0.717, 1.165) is 44.6 Å². The van der Waals surface area contributed by atoms with Crippen LogP contribution in [0.25, 0.3) is 0 Å². The molecule has 0 radical (unpaired) electrons. The molecule has 1 N–H and O–H groups in total. The third kappa shape index (κ3) is 3.69. The highest BCUT2D eigenvalue weighted by Gasteiger charge is 2.20. The predicted molar refractivity (Wildman–Crippen MR) is 82.0 cm³/mol. The summed E-state index contributed by atoms with van der Waals surface area (Å²) in [6, 6.07) is 1.84. The minimum atomic E-state index is 0.643. The van der Waals surface area contributed by atoms with Crippen LogP contribution in [0.1, 0.15) is 6.92 Å². The van der Waals surface area contributed by atoms with Crippen molar-refractivity contribution < 1.29 is 0 Å². The van der Waals surface area contributed by atoms with Gasteiger partial charge in [-0.3, -0.25) is 0 Å². The lowest BCUT2D eigenvalue weighted by Crippen LogP contribution is -2.53. The highest BCUT2D eigenvalue weighted by Crippen LogP contribution is 2.09. The second-order valence-electron chi connectivity index (χ2n) is 4.51. The fraction of sp³-hybridized carbons (Fsp3) is 0.500. The summed E-state index contributed by atoms with van der Waals surface area (Å²) in [7, 11) is 0. The standard InChI is InChI=1S/C14H22N6/c1-3-6-16-13(15-4-2)19-9-11-20(12-10-19)14-17-7-5-8-18-14/h3,5,7-8H,1,4,6,9-12H2,2H3,(H,15,16). The Hall–Kier alpha value is -2.11. The smallest absolute Gasteiger partial charge is 0.225 e. The largest absolute Gasteiger partial charge is 0.357 e. The quantitative estimate of drug-likeness (QED) is 0.499. The second-order valence-corrected chi connectivity index (χ2v) is 4.51. The molecule has 0 saturated carbocycles. The van der Waals surface area contributed by atoms with Crippen molar-refractivity contribution in [1.29, 1.82) is 0 Å². The summed E-state index contributed by atoms with van der Waals surface area (Å²) < 4.78 is 0. The lowest BCUT2D eigenvalue weighted by atomic mass is 10.3. The highest BCUT2D eigenvalue weighted by atomic mass is 15.4. The van der Waals surface area contributed by atoms with Crippen LogP contribution in [0.15, 0.2) is 36.1 Å². The summed E-state index contributed by atoms with van der Waals surface area (Å²) in [6.45, 7) is 11.0. The van der Waals surface area contributed by atoms with E-state index >= 15 is 0 Å². The fourth-order valence-electron chi connectivity index (χ4n) is 2.15. The van der Waals surface area contributed by atoms with Gasteiger partial charge in [0.1, 0.15) is 0 Å². The molecule has 0 unspecified atom stereocenters. The summed E-state index contributed by atoms with van der Waals surface area (Å²) >= 11 is 0. The van der Waals surface area contributed by atoms with Gasteiger partial charge in [-0.15, -0.1) is 6.58 Å². The fourth-order valence-corrected chi connectivity index (χ4v) is 2.15. The van der Waals surface area contributed by atoms with E-state index in [4.69, 9.17) is 0 Å². The van der Waals surface area contributed by atoms with Gasteiger partial charge in [-0.25, -0.2) is 15.0 Å². The number of aromatic nitrogens is 2. The molecule has 0 spiro atoms. The molecule has 0 aliphatic carbocycles. The Morgan fingerprint density at radius 3 is 2.65 bits per heavy atom. The molecule has 2 rings (SSSR count). The average molecular weight is 274 g/mol. The van der Waals surface area contributed by atoms with Gasteiger partial charge in [-0.2, -0.15) is 0 Å². The molecule has 1 aliphatic rings. The third-order valence-electron chi connectivity index (χ3n) is 3.12. The second kappa shape index (κ2) is 7.47. The molecule has 1 aliphatic heterocycles. The Kier molecular flexibility index (Phi) is 5.34. The normalized spacial score (nSPS) is 16.1. The molecular formula is C14H22N6. The van der Waals surface area contributed by atoms with Gasteiger partial charge in [0.05, 0.1) is 6.54 Å². The maximum atomic E-state index is 4.52. The van der Waals surface area contributed by atoms with Crippen molar-refractivity contribution >= 4 is 11.9 Å². The number of guanidine groups is 1. The summed E-state index contributed by atoms with van der Waals surface area (Å²) in [4.78, 5) is 17.6. The SMILES string of the molecule is C=CCN=C(NCC)N1CCN(c2ncccn2)CC1. The Labute approximate surface area is 120 Å². The number of nitrogens with zero attached hydrogens (tertiary/aromatic N) is 5. The van der Waals surface area contributed by atoms with Gasteiger partial charge in [0.25, 0.3) is 0 Å². The molecule has 0 amide bonds. The van der Waals surface area contributed by atoms with Crippen LogP contribution in [-0.4, -0.2) is 60.1 Å². The first kappa shape index (κ1) is 14.3. The number of anilines is 1. The van der Waals surface area contributed by atoms with Crippen molar-refractivity contribution in [3.8, 4) is 0 Å². The lowest BCUT2D eigenvalue weighted by Gasteiger charge is -2.36. The van der Waals surface area contributed by atoms with Crippen LogP contribution in [-0.2, 0) is 0 Å². The van der Waals surface area contributed by atoms with Gasteiger partial charge >= 0.3 is 0 Å². The van der Waals surface area contributed by atoms with E-state index in [-0.39, 0.29) is 0 Å². The van der Waals surface area contributed by atoms with Crippen molar-refractivity contribution in [2.75, 3.05) is 44.2 Å². The molecule has 6 heteroatoms. The van der Waals surface area contributed by atoms with E-state index < -0.39 is 0 Å². The molecule has 1 fully saturated rings. The maximum absolute atomic E-state index is 4.52. The summed E-state index contributed by atoms with van der Waals surface area (Å²) in [5, 5.41) is 3.32. The van der Waals surface area contributed by atoms with Crippen LogP contribution < -0.4 is 10.2 Å². The number of hydrogen-bond acceptors (Lipinski definition) is 4. The van der Waals surface area contributed by atoms with Crippen LogP contribution in [0.2, 0.25) is 0 Å². The first-order valence-corrected chi connectivity index (χ1v) is 7.01. The molecule has 6 nitrogen and oxygen atoms in total. The first-order valence-electron chi connectivity index (χ1n) is 7.01. The molecule has 0 aromatic carbocycles. The number of rotatable bonds is 4. The van der Waals surface area contributed by atoms with Crippen LogP contribution in [0.5, 0.6) is 0 Å². The summed E-state index contributed by atoms with van der Waals surface area (Å²) in [6.07, 6.45) is 5.38. The van der Waals surface area contributed by atoms with Crippen LogP contribution in [0.4, 0.5) is 5.95 Å². The van der Waals surface area contributed by atoms with Gasteiger partial charge < -0.3 is 15.1 Å². The lowest BCUT2D eigenvalue weighted by molar-refractivity contribution is 0.370. The molecule has 1 saturated heterocycles. The van der Waals surface area contributed by atoms with Crippen molar-refractivity contribution in [2.45, 2.75) is 6.92 Å². The molecule has 108 valence electrons. The minimum absolute atomic E-state index is 0.643. The Morgan fingerprint density at radius 1 is 1.35 bits per heavy atom. The Morgan fingerprint density at radius 2 is 2.05 bits per heavy atom. The van der Waals surface area contributed by atoms with E-state index in [1.54, 1.807) is 12.4 Å². The zero-order chi connectivity index (χ0) is 14.2. The number of piperazine rings is 1. The molecule has 2 heterocycles. The molecular weight excluding hydrogens is 252 g/mol. The molecule has 0 bridgehead atoms. The van der Waals surface area contributed by atoms with E-state index in [9.17, 15) is 0 Å². The van der Waals surface area contributed by atoms with Crippen molar-refractivity contribution in [1.82, 2.24) is 20.2 Å². The predicted octanol–water partition coefficient (Wildman–Crippen LogP) is 0.750. The van der Waals surface area contributed by atoms with Crippen LogP contribution in [0.3, 0.4) is 0 Å². The monoisotopic (exact) mass is 274 g/mol. The van der Waals surface area contributed by atoms with Gasteiger partial charge in [0, 0.05) is 45.1 Å².